The van der Waals surface area contributed by atoms with Crippen LogP contribution in [0.4, 0.5) is 0 Å². The molecule has 8 nitrogen and oxygen atoms in total. The number of aromatic nitrogens is 3. The van der Waals surface area contributed by atoms with E-state index in [-0.39, 0.29) is 17.6 Å². The van der Waals surface area contributed by atoms with E-state index in [1.807, 2.05) is 30.3 Å². The molecule has 3 aromatic heterocycles. The lowest BCUT2D eigenvalue weighted by Gasteiger charge is -2.25. The fraction of sp³-hybridized carbons (Fsp3) is 0.120. The van der Waals surface area contributed by atoms with Crippen LogP contribution >= 0.6 is 0 Å². The zero-order valence-electron chi connectivity index (χ0n) is 17.5. The average molecular weight is 439 g/mol. The molecule has 8 heteroatoms. The third-order valence-corrected chi connectivity index (χ3v) is 5.87. The quantitative estimate of drug-likeness (QED) is 0.310. The largest absolute Gasteiger partial charge is 0.496 e. The van der Waals surface area contributed by atoms with Crippen LogP contribution < -0.4 is 14.9 Å². The summed E-state index contributed by atoms with van der Waals surface area (Å²) in [5.41, 5.74) is 2.80. The second-order valence-corrected chi connectivity index (χ2v) is 7.75. The van der Waals surface area contributed by atoms with Gasteiger partial charge in [0.25, 0.3) is 0 Å². The Hall–Kier alpha value is -4.46. The predicted octanol–water partition coefficient (Wildman–Crippen LogP) is 3.95. The van der Waals surface area contributed by atoms with Crippen LogP contribution in [0.3, 0.4) is 0 Å². The Labute approximate surface area is 187 Å². The van der Waals surface area contributed by atoms with E-state index in [1.54, 1.807) is 35.2 Å². The molecule has 33 heavy (non-hydrogen) atoms. The lowest BCUT2D eigenvalue weighted by molar-refractivity contribution is -0.135. The highest BCUT2D eigenvalue weighted by Gasteiger charge is 2.35. The number of carbonyl (C=O) groups is 1. The number of carbonyl (C=O) groups excluding carboxylic acids is 1. The summed E-state index contributed by atoms with van der Waals surface area (Å²) in [5, 5.41) is 4.67. The zero-order chi connectivity index (χ0) is 22.5. The summed E-state index contributed by atoms with van der Waals surface area (Å²) in [5.74, 6) is 0.131. The van der Waals surface area contributed by atoms with Gasteiger partial charge < -0.3 is 13.9 Å². The average Bonchev–Trinajstić information content (AvgIpc) is 3.27. The number of benzene rings is 2. The van der Waals surface area contributed by atoms with Crippen LogP contribution in [0.5, 0.6) is 11.5 Å². The summed E-state index contributed by atoms with van der Waals surface area (Å²) in [4.78, 5) is 30.2. The number of hydrogen-bond acceptors (Lipinski definition) is 7. The van der Waals surface area contributed by atoms with E-state index in [0.29, 0.717) is 33.7 Å². The summed E-state index contributed by atoms with van der Waals surface area (Å²) < 4.78 is 19.0. The Morgan fingerprint density at radius 3 is 2.79 bits per heavy atom. The molecule has 162 valence electrons. The predicted molar refractivity (Wildman–Crippen MR) is 120 cm³/mol. The van der Waals surface area contributed by atoms with Gasteiger partial charge in [-0.15, -0.1) is 0 Å². The molecule has 6 rings (SSSR count). The summed E-state index contributed by atoms with van der Waals surface area (Å²) >= 11 is 0. The fourth-order valence-electron chi connectivity index (χ4n) is 4.41. The Balaban J connectivity index is 1.70. The van der Waals surface area contributed by atoms with E-state index >= 15 is 0 Å². The van der Waals surface area contributed by atoms with Crippen LogP contribution in [0.1, 0.15) is 23.5 Å². The summed E-state index contributed by atoms with van der Waals surface area (Å²) in [6.45, 7) is 0. The maximum absolute atomic E-state index is 13.2. The first-order valence-corrected chi connectivity index (χ1v) is 10.4. The van der Waals surface area contributed by atoms with Crippen molar-refractivity contribution in [3.63, 3.8) is 0 Å². The van der Waals surface area contributed by atoms with Crippen LogP contribution in [0.2, 0.25) is 0 Å². The molecular weight excluding hydrogens is 422 g/mol. The molecule has 0 radical (unpaired) electrons. The molecule has 2 aromatic carbocycles. The van der Waals surface area contributed by atoms with Gasteiger partial charge in [0.1, 0.15) is 28.2 Å². The lowest BCUT2D eigenvalue weighted by Crippen LogP contribution is -2.22. The molecule has 0 saturated carbocycles. The van der Waals surface area contributed by atoms with Gasteiger partial charge >= 0.3 is 5.97 Å². The third kappa shape index (κ3) is 2.99. The normalized spacial score (nSPS) is 15.4. The number of fused-ring (bicyclic) bond motifs is 4. The second-order valence-electron chi connectivity index (χ2n) is 7.75. The third-order valence-electron chi connectivity index (χ3n) is 5.87. The zero-order valence-corrected chi connectivity index (χ0v) is 17.5. The van der Waals surface area contributed by atoms with Gasteiger partial charge in [-0.2, -0.15) is 5.10 Å². The van der Waals surface area contributed by atoms with Gasteiger partial charge in [-0.1, -0.05) is 30.3 Å². The van der Waals surface area contributed by atoms with Crippen LogP contribution in [-0.4, -0.2) is 27.7 Å². The van der Waals surface area contributed by atoms with Crippen LogP contribution in [0, 0.1) is 0 Å². The summed E-state index contributed by atoms with van der Waals surface area (Å²) in [6, 6.07) is 14.2. The molecule has 0 saturated heterocycles. The standard InChI is InChI=1S/C25H17N3O5/c1-31-19-12-20-22(24-23(19)17(29)11-18(33-24)14-6-3-2-4-7-14)15(10-21(30)32-20)16-13-27-28-9-5-8-26-25(16)28/h2-9,11-13,15H,10H2,1H3/t15-/m0/s1. The van der Waals surface area contributed by atoms with E-state index in [2.05, 4.69) is 10.1 Å². The van der Waals surface area contributed by atoms with Gasteiger partial charge in [0, 0.05) is 47.1 Å². The highest BCUT2D eigenvalue weighted by atomic mass is 16.5. The molecular formula is C25H17N3O5. The van der Waals surface area contributed by atoms with Crippen LogP contribution in [0.25, 0.3) is 27.9 Å². The lowest BCUT2D eigenvalue weighted by atomic mass is 9.86. The number of ether oxygens (including phenoxy) is 2. The molecule has 1 aliphatic heterocycles. The fourth-order valence-corrected chi connectivity index (χ4v) is 4.41. The van der Waals surface area contributed by atoms with Crippen LogP contribution in [-0.2, 0) is 4.79 Å². The van der Waals surface area contributed by atoms with Crippen molar-refractivity contribution in [3.05, 3.63) is 88.5 Å². The number of esters is 1. The number of methoxy groups -OCH3 is 1. The van der Waals surface area contributed by atoms with E-state index in [9.17, 15) is 9.59 Å². The van der Waals surface area contributed by atoms with Crippen LogP contribution in [0.15, 0.2) is 76.3 Å². The van der Waals surface area contributed by atoms with Crippen molar-refractivity contribution in [2.24, 2.45) is 0 Å². The van der Waals surface area contributed by atoms with Gasteiger partial charge in [-0.05, 0) is 6.07 Å². The van der Waals surface area contributed by atoms with Gasteiger partial charge in [-0.25, -0.2) is 9.50 Å². The number of hydrogen-bond donors (Lipinski definition) is 0. The van der Waals surface area contributed by atoms with Crippen molar-refractivity contribution in [1.82, 2.24) is 14.6 Å². The second kappa shape index (κ2) is 7.30. The van der Waals surface area contributed by atoms with E-state index in [1.165, 1.54) is 13.2 Å². The Morgan fingerprint density at radius 1 is 1.12 bits per heavy atom. The molecule has 0 fully saturated rings. The molecule has 0 N–H and O–H groups in total. The van der Waals surface area contributed by atoms with Gasteiger partial charge in [-0.3, -0.25) is 9.59 Å². The van der Waals surface area contributed by atoms with E-state index in [0.717, 1.165) is 11.1 Å². The van der Waals surface area contributed by atoms with Crippen molar-refractivity contribution in [2.45, 2.75) is 12.3 Å². The maximum atomic E-state index is 13.2. The maximum Gasteiger partial charge on any atom is 0.312 e. The molecule has 0 amide bonds. The van der Waals surface area contributed by atoms with Crippen molar-refractivity contribution in [1.29, 1.82) is 0 Å². The highest BCUT2D eigenvalue weighted by Crippen LogP contribution is 2.46. The molecule has 0 unspecified atom stereocenters. The molecule has 1 atom stereocenters. The SMILES string of the molecule is COc1cc2c(c3oc(-c4ccccc4)cc(=O)c13)[C@H](c1cnn3cccnc13)CC(=O)O2. The van der Waals surface area contributed by atoms with E-state index in [4.69, 9.17) is 13.9 Å². The molecule has 5 aromatic rings. The Morgan fingerprint density at radius 2 is 1.97 bits per heavy atom. The first kappa shape index (κ1) is 19.2. The van der Waals surface area contributed by atoms with Gasteiger partial charge in [0.05, 0.1) is 19.7 Å². The summed E-state index contributed by atoms with van der Waals surface area (Å²) in [6.07, 6.45) is 5.20. The molecule has 4 heterocycles. The van der Waals surface area contributed by atoms with E-state index < -0.39 is 11.9 Å². The monoisotopic (exact) mass is 439 g/mol. The minimum Gasteiger partial charge on any atom is -0.496 e. The smallest absolute Gasteiger partial charge is 0.312 e. The minimum atomic E-state index is -0.462. The van der Waals surface area contributed by atoms with Gasteiger partial charge in [0.2, 0.25) is 0 Å². The number of rotatable bonds is 3. The topological polar surface area (TPSA) is 95.9 Å². The first-order chi connectivity index (χ1) is 16.1. The Kier molecular flexibility index (Phi) is 4.26. The van der Waals surface area contributed by atoms with Gasteiger partial charge in [0.15, 0.2) is 11.1 Å². The molecule has 0 bridgehead atoms. The van der Waals surface area contributed by atoms with Crippen molar-refractivity contribution in [3.8, 4) is 22.8 Å². The van der Waals surface area contributed by atoms with Crippen molar-refractivity contribution < 1.29 is 18.7 Å². The molecule has 0 spiro atoms. The van der Waals surface area contributed by atoms with Crippen molar-refractivity contribution in [2.75, 3.05) is 7.11 Å². The molecule has 1 aliphatic rings. The molecule has 0 aliphatic carbocycles. The first-order valence-electron chi connectivity index (χ1n) is 10.4. The highest BCUT2D eigenvalue weighted by molar-refractivity contribution is 5.93. The minimum absolute atomic E-state index is 0.0611. The van der Waals surface area contributed by atoms with Crippen molar-refractivity contribution >= 4 is 22.6 Å². The Bertz CT molecular complexity index is 1600. The summed E-state index contributed by atoms with van der Waals surface area (Å²) in [7, 11) is 1.46. The number of nitrogens with zero attached hydrogens (tertiary/aromatic N) is 3.